The van der Waals surface area contributed by atoms with Crippen LogP contribution in [0.3, 0.4) is 0 Å². The second-order valence-corrected chi connectivity index (χ2v) is 4.53. The molecule has 0 spiro atoms. The summed E-state index contributed by atoms with van der Waals surface area (Å²) in [5, 5.41) is 20.1. The number of hydrogen-bond donors (Lipinski definition) is 1. The monoisotopic (exact) mass is 280 g/mol. The molecule has 0 fully saturated rings. The number of azo groups is 1. The first-order valence-electron chi connectivity index (χ1n) is 6.28. The summed E-state index contributed by atoms with van der Waals surface area (Å²) in [7, 11) is 0. The molecule has 0 aromatic heterocycles. The van der Waals surface area contributed by atoms with E-state index in [4.69, 9.17) is 11.8 Å². The van der Waals surface area contributed by atoms with E-state index in [-0.39, 0.29) is 11.8 Å². The Bertz CT molecular complexity index is 663. The Balaban J connectivity index is 2.15. The van der Waals surface area contributed by atoms with Crippen LogP contribution in [-0.4, -0.2) is 17.8 Å². The number of carbonyl (C=O) groups is 1. The van der Waals surface area contributed by atoms with Gasteiger partial charge in [0.1, 0.15) is 0 Å². The third-order valence-corrected chi connectivity index (χ3v) is 2.94. The standard InChI is InChI=1S/C14H12N6O/c1-9-7-13(21)19-20-14(9)10-3-5-11(6-4-10)17-18-12(8-15)16-2/h3-6,9,12H,7H2,1H3,(H,19,21)/t9-,12?/m1/s1. The Morgan fingerprint density at radius 2 is 2.24 bits per heavy atom. The number of hydrazone groups is 1. The fourth-order valence-electron chi connectivity index (χ4n) is 1.90. The summed E-state index contributed by atoms with van der Waals surface area (Å²) < 4.78 is 0. The van der Waals surface area contributed by atoms with Gasteiger partial charge in [-0.3, -0.25) is 9.64 Å². The van der Waals surface area contributed by atoms with Crippen molar-refractivity contribution in [3.63, 3.8) is 0 Å². The molecule has 1 aliphatic rings. The topological polar surface area (TPSA) is 94.3 Å². The molecule has 0 saturated carbocycles. The third-order valence-electron chi connectivity index (χ3n) is 2.94. The summed E-state index contributed by atoms with van der Waals surface area (Å²) >= 11 is 0. The molecule has 2 rings (SSSR count). The van der Waals surface area contributed by atoms with Crippen molar-refractivity contribution < 1.29 is 4.79 Å². The Labute approximate surface area is 121 Å². The molecule has 1 aromatic rings. The second kappa shape index (κ2) is 6.40. The zero-order valence-electron chi connectivity index (χ0n) is 11.3. The number of benzene rings is 1. The molecule has 1 aliphatic heterocycles. The Hall–Kier alpha value is -3.06. The molecule has 1 aromatic carbocycles. The molecule has 0 saturated heterocycles. The van der Waals surface area contributed by atoms with Crippen molar-refractivity contribution in [2.75, 3.05) is 0 Å². The third kappa shape index (κ3) is 3.48. The van der Waals surface area contributed by atoms with Crippen molar-refractivity contribution in [2.24, 2.45) is 21.2 Å². The number of nitrogens with zero attached hydrogens (tertiary/aromatic N) is 5. The zero-order chi connectivity index (χ0) is 15.2. The maximum absolute atomic E-state index is 11.2. The van der Waals surface area contributed by atoms with Gasteiger partial charge in [0.15, 0.2) is 6.07 Å². The average molecular weight is 280 g/mol. The Kier molecular flexibility index (Phi) is 4.37. The molecule has 7 nitrogen and oxygen atoms in total. The molecule has 0 radical (unpaired) electrons. The molecule has 21 heavy (non-hydrogen) atoms. The van der Waals surface area contributed by atoms with Gasteiger partial charge in [-0.2, -0.15) is 10.4 Å². The highest BCUT2D eigenvalue weighted by Gasteiger charge is 2.21. The molecular formula is C14H12N6O. The summed E-state index contributed by atoms with van der Waals surface area (Å²) in [6.45, 7) is 8.67. The first-order chi connectivity index (χ1) is 10.1. The second-order valence-electron chi connectivity index (χ2n) is 4.53. The van der Waals surface area contributed by atoms with Crippen molar-refractivity contribution in [3.8, 4) is 6.07 Å². The van der Waals surface area contributed by atoms with E-state index in [1.165, 1.54) is 0 Å². The van der Waals surface area contributed by atoms with E-state index in [2.05, 4.69) is 25.6 Å². The van der Waals surface area contributed by atoms with Gasteiger partial charge in [-0.15, -0.1) is 5.11 Å². The van der Waals surface area contributed by atoms with Gasteiger partial charge in [0.25, 0.3) is 0 Å². The van der Waals surface area contributed by atoms with Gasteiger partial charge in [0.05, 0.1) is 11.4 Å². The van der Waals surface area contributed by atoms with Gasteiger partial charge in [0.2, 0.25) is 5.91 Å². The number of hydrogen-bond acceptors (Lipinski definition) is 5. The van der Waals surface area contributed by atoms with Crippen molar-refractivity contribution in [3.05, 3.63) is 41.2 Å². The van der Waals surface area contributed by atoms with E-state index < -0.39 is 6.17 Å². The van der Waals surface area contributed by atoms with E-state index >= 15 is 0 Å². The summed E-state index contributed by atoms with van der Waals surface area (Å²) in [4.78, 5) is 14.2. The molecule has 1 amide bonds. The summed E-state index contributed by atoms with van der Waals surface area (Å²) in [5.74, 6) is -0.0327. The number of nitrogens with one attached hydrogen (secondary N) is 1. The van der Waals surface area contributed by atoms with Crippen LogP contribution in [0.5, 0.6) is 0 Å². The lowest BCUT2D eigenvalue weighted by molar-refractivity contribution is -0.121. The van der Waals surface area contributed by atoms with Crippen molar-refractivity contribution in [2.45, 2.75) is 19.5 Å². The van der Waals surface area contributed by atoms with Gasteiger partial charge in [-0.05, 0) is 17.7 Å². The molecule has 1 N–H and O–H groups in total. The van der Waals surface area contributed by atoms with E-state index in [0.717, 1.165) is 11.3 Å². The molecule has 2 atom stereocenters. The van der Waals surface area contributed by atoms with E-state index in [1.807, 2.05) is 19.1 Å². The van der Waals surface area contributed by atoms with Crippen LogP contribution in [0.25, 0.3) is 4.85 Å². The number of amides is 1. The highest BCUT2D eigenvalue weighted by molar-refractivity contribution is 6.05. The molecule has 1 unspecified atom stereocenters. The lowest BCUT2D eigenvalue weighted by atomic mass is 9.94. The van der Waals surface area contributed by atoms with Gasteiger partial charge < -0.3 is 0 Å². The van der Waals surface area contributed by atoms with E-state index in [9.17, 15) is 4.79 Å². The predicted octanol–water partition coefficient (Wildman–Crippen LogP) is 2.40. The van der Waals surface area contributed by atoms with Crippen molar-refractivity contribution in [1.29, 1.82) is 5.26 Å². The first kappa shape index (κ1) is 14.4. The Morgan fingerprint density at radius 3 is 2.81 bits per heavy atom. The molecule has 7 heteroatoms. The van der Waals surface area contributed by atoms with Crippen LogP contribution < -0.4 is 5.43 Å². The minimum atomic E-state index is -1.11. The highest BCUT2D eigenvalue weighted by Crippen LogP contribution is 2.20. The predicted molar refractivity (Wildman–Crippen MR) is 75.4 cm³/mol. The van der Waals surface area contributed by atoms with Crippen molar-refractivity contribution >= 4 is 17.3 Å². The number of nitriles is 1. The molecule has 1 heterocycles. The van der Waals surface area contributed by atoms with Gasteiger partial charge >= 0.3 is 6.17 Å². The largest absolute Gasteiger partial charge is 0.418 e. The van der Waals surface area contributed by atoms with E-state index in [1.54, 1.807) is 18.2 Å². The van der Waals surface area contributed by atoms with Crippen molar-refractivity contribution in [1.82, 2.24) is 5.43 Å². The highest BCUT2D eigenvalue weighted by atomic mass is 16.2. The lowest BCUT2D eigenvalue weighted by Gasteiger charge is -2.19. The number of rotatable bonds is 3. The van der Waals surface area contributed by atoms with Crippen LogP contribution in [0.15, 0.2) is 39.6 Å². The van der Waals surface area contributed by atoms with Crippen LogP contribution in [-0.2, 0) is 4.79 Å². The fraction of sp³-hybridized carbons (Fsp3) is 0.286. The molecule has 0 bridgehead atoms. The van der Waals surface area contributed by atoms with Crippen LogP contribution in [0.4, 0.5) is 5.69 Å². The average Bonchev–Trinajstić information content (AvgIpc) is 2.49. The summed E-state index contributed by atoms with van der Waals surface area (Å²) in [6.07, 6.45) is -0.697. The van der Waals surface area contributed by atoms with Crippen LogP contribution in [0.2, 0.25) is 0 Å². The van der Waals surface area contributed by atoms with Gasteiger partial charge in [-0.1, -0.05) is 24.2 Å². The van der Waals surface area contributed by atoms with Crippen LogP contribution in [0.1, 0.15) is 18.9 Å². The Morgan fingerprint density at radius 1 is 1.52 bits per heavy atom. The minimum Gasteiger partial charge on any atom is -0.273 e. The first-order valence-corrected chi connectivity index (χ1v) is 6.28. The van der Waals surface area contributed by atoms with E-state index in [0.29, 0.717) is 12.1 Å². The fourth-order valence-corrected chi connectivity index (χ4v) is 1.90. The van der Waals surface area contributed by atoms with Crippen LogP contribution >= 0.6 is 0 Å². The molecule has 104 valence electrons. The maximum Gasteiger partial charge on any atom is 0.418 e. The minimum absolute atomic E-state index is 0.0521. The quantitative estimate of drug-likeness (QED) is 0.679. The SMILES string of the molecule is [C-]#[N+]C(C#N)N=Nc1ccc(C2=NNC(=O)C[C@H]2C)cc1. The van der Waals surface area contributed by atoms with Gasteiger partial charge in [0, 0.05) is 12.3 Å². The van der Waals surface area contributed by atoms with Crippen LogP contribution in [0, 0.1) is 23.8 Å². The number of carbonyl (C=O) groups excluding carboxylic acids is 1. The lowest BCUT2D eigenvalue weighted by Crippen LogP contribution is -2.31. The molecular weight excluding hydrogens is 268 g/mol. The molecule has 0 aliphatic carbocycles. The summed E-state index contributed by atoms with van der Waals surface area (Å²) in [5.41, 5.74) is 4.73. The maximum atomic E-state index is 11.2. The normalized spacial score (nSPS) is 19.3. The smallest absolute Gasteiger partial charge is 0.273 e. The summed E-state index contributed by atoms with van der Waals surface area (Å²) in [6, 6.07) is 8.81. The van der Waals surface area contributed by atoms with Gasteiger partial charge in [-0.25, -0.2) is 12.0 Å². The zero-order valence-corrected chi connectivity index (χ0v) is 11.3.